The Labute approximate surface area is 187 Å². The van der Waals surface area contributed by atoms with Crippen LogP contribution in [0, 0.1) is 20.2 Å². The second-order valence-electron chi connectivity index (χ2n) is 7.18. The minimum atomic E-state index is -0.459. The Morgan fingerprint density at radius 2 is 1.78 bits per heavy atom. The molecular formula is C22H19N3O6S. The summed E-state index contributed by atoms with van der Waals surface area (Å²) in [5.41, 5.74) is 2.56. The van der Waals surface area contributed by atoms with Crippen molar-refractivity contribution >= 4 is 23.3 Å². The van der Waals surface area contributed by atoms with Crippen LogP contribution in [-0.2, 0) is 6.42 Å². The van der Waals surface area contributed by atoms with Crippen molar-refractivity contribution in [3.05, 3.63) is 97.6 Å². The lowest BCUT2D eigenvalue weighted by atomic mass is 9.89. The Balaban J connectivity index is 1.81. The number of ether oxygens (including phenoxy) is 1. The standard InChI is InChI=1S/C22H19N3O6S/c1-31-20-13-17-15(12-19(20)26)10-11-23(32-21-5-3-2-4-18(21)25(29)30)22(17)14-6-8-16(9-7-14)24(27)28/h2-9,12-13,22,26H,10-11H2,1H3. The van der Waals surface area contributed by atoms with Crippen molar-refractivity contribution in [2.45, 2.75) is 17.4 Å². The average molecular weight is 453 g/mol. The van der Waals surface area contributed by atoms with E-state index in [9.17, 15) is 25.3 Å². The zero-order chi connectivity index (χ0) is 22.8. The summed E-state index contributed by atoms with van der Waals surface area (Å²) in [6.45, 7) is 0.553. The summed E-state index contributed by atoms with van der Waals surface area (Å²) in [5.74, 6) is 0.349. The molecule has 0 saturated heterocycles. The van der Waals surface area contributed by atoms with E-state index in [4.69, 9.17) is 4.74 Å². The lowest BCUT2D eigenvalue weighted by Crippen LogP contribution is -2.31. The molecule has 1 heterocycles. The Morgan fingerprint density at radius 3 is 2.44 bits per heavy atom. The first-order valence-electron chi connectivity index (χ1n) is 9.71. The molecule has 3 aromatic rings. The number of fused-ring (bicyclic) bond motifs is 1. The van der Waals surface area contributed by atoms with Gasteiger partial charge >= 0.3 is 0 Å². The summed E-state index contributed by atoms with van der Waals surface area (Å²) in [6.07, 6.45) is 0.615. The fraction of sp³-hybridized carbons (Fsp3) is 0.182. The van der Waals surface area contributed by atoms with Crippen LogP contribution in [0.4, 0.5) is 11.4 Å². The number of benzene rings is 3. The van der Waals surface area contributed by atoms with Crippen LogP contribution in [0.1, 0.15) is 22.7 Å². The maximum absolute atomic E-state index is 11.5. The van der Waals surface area contributed by atoms with E-state index in [1.54, 1.807) is 42.5 Å². The third-order valence-corrected chi connectivity index (χ3v) is 6.49. The molecule has 0 aliphatic carbocycles. The largest absolute Gasteiger partial charge is 0.504 e. The lowest BCUT2D eigenvalue weighted by molar-refractivity contribution is -0.387. The van der Waals surface area contributed by atoms with Gasteiger partial charge in [-0.05, 0) is 53.3 Å². The second-order valence-corrected chi connectivity index (χ2v) is 8.27. The topological polar surface area (TPSA) is 119 Å². The monoisotopic (exact) mass is 453 g/mol. The van der Waals surface area contributed by atoms with Crippen molar-refractivity contribution in [2.24, 2.45) is 0 Å². The zero-order valence-electron chi connectivity index (χ0n) is 17.0. The molecule has 0 radical (unpaired) electrons. The van der Waals surface area contributed by atoms with Gasteiger partial charge in [0.2, 0.25) is 0 Å². The van der Waals surface area contributed by atoms with Crippen LogP contribution in [0.2, 0.25) is 0 Å². The van der Waals surface area contributed by atoms with Crippen molar-refractivity contribution in [2.75, 3.05) is 13.7 Å². The summed E-state index contributed by atoms with van der Waals surface area (Å²) in [7, 11) is 1.46. The first kappa shape index (κ1) is 21.6. The molecule has 164 valence electrons. The van der Waals surface area contributed by atoms with Gasteiger partial charge in [0.15, 0.2) is 11.5 Å². The normalized spacial score (nSPS) is 15.7. The SMILES string of the molecule is COc1cc2c(cc1O)CCN(Sc1ccccc1[N+](=O)[O-])C2c1ccc([N+](=O)[O-])cc1. The summed E-state index contributed by atoms with van der Waals surface area (Å²) in [4.78, 5) is 22.2. The van der Waals surface area contributed by atoms with E-state index in [2.05, 4.69) is 0 Å². The maximum Gasteiger partial charge on any atom is 0.284 e. The molecule has 10 heteroatoms. The molecular weight excluding hydrogens is 434 g/mol. The Hall–Kier alpha value is -3.63. The number of phenolic OH excluding ortho intramolecular Hbond substituents is 1. The van der Waals surface area contributed by atoms with Gasteiger partial charge in [-0.15, -0.1) is 0 Å². The van der Waals surface area contributed by atoms with E-state index in [-0.39, 0.29) is 23.2 Å². The van der Waals surface area contributed by atoms with Crippen LogP contribution in [0.3, 0.4) is 0 Å². The van der Waals surface area contributed by atoms with E-state index < -0.39 is 9.85 Å². The van der Waals surface area contributed by atoms with Crippen molar-refractivity contribution in [3.63, 3.8) is 0 Å². The minimum Gasteiger partial charge on any atom is -0.504 e. The van der Waals surface area contributed by atoms with E-state index in [0.29, 0.717) is 23.6 Å². The molecule has 4 rings (SSSR count). The molecule has 1 N–H and O–H groups in total. The first-order chi connectivity index (χ1) is 15.4. The number of nitro benzene ring substituents is 2. The molecule has 1 unspecified atom stereocenters. The van der Waals surface area contributed by atoms with E-state index in [0.717, 1.165) is 16.7 Å². The molecule has 0 spiro atoms. The summed E-state index contributed by atoms with van der Waals surface area (Å²) in [5, 5.41) is 32.8. The number of nitrogens with zero attached hydrogens (tertiary/aromatic N) is 3. The Kier molecular flexibility index (Phi) is 5.97. The fourth-order valence-corrected chi connectivity index (χ4v) is 4.96. The van der Waals surface area contributed by atoms with Crippen LogP contribution >= 0.6 is 11.9 Å². The average Bonchev–Trinajstić information content (AvgIpc) is 2.79. The van der Waals surface area contributed by atoms with Gasteiger partial charge in [-0.3, -0.25) is 20.2 Å². The molecule has 0 bridgehead atoms. The molecule has 3 aromatic carbocycles. The lowest BCUT2D eigenvalue weighted by Gasteiger charge is -2.36. The fourth-order valence-electron chi connectivity index (χ4n) is 3.81. The summed E-state index contributed by atoms with van der Waals surface area (Å²) < 4.78 is 7.31. The molecule has 0 saturated carbocycles. The van der Waals surface area contributed by atoms with Crippen molar-refractivity contribution in [1.82, 2.24) is 4.31 Å². The highest BCUT2D eigenvalue weighted by molar-refractivity contribution is 7.97. The van der Waals surface area contributed by atoms with Gasteiger partial charge in [-0.1, -0.05) is 24.3 Å². The smallest absolute Gasteiger partial charge is 0.284 e. The molecule has 0 aromatic heterocycles. The molecule has 1 atom stereocenters. The van der Waals surface area contributed by atoms with Crippen molar-refractivity contribution in [3.8, 4) is 11.5 Å². The molecule has 32 heavy (non-hydrogen) atoms. The van der Waals surface area contributed by atoms with Gasteiger partial charge in [0, 0.05) is 24.7 Å². The van der Waals surface area contributed by atoms with Gasteiger partial charge in [-0.2, -0.15) is 0 Å². The number of aromatic hydroxyl groups is 1. The third kappa shape index (κ3) is 4.10. The van der Waals surface area contributed by atoms with Crippen LogP contribution in [0.25, 0.3) is 0 Å². The summed E-state index contributed by atoms with van der Waals surface area (Å²) in [6, 6.07) is 15.8. The van der Waals surface area contributed by atoms with Gasteiger partial charge in [0.05, 0.1) is 23.0 Å². The quantitative estimate of drug-likeness (QED) is 0.319. The minimum absolute atomic E-state index is 0.00836. The molecule has 1 aliphatic heterocycles. The van der Waals surface area contributed by atoms with Crippen LogP contribution in [0.5, 0.6) is 11.5 Å². The number of hydrogen-bond donors (Lipinski definition) is 1. The van der Waals surface area contributed by atoms with Gasteiger partial charge in [0.1, 0.15) is 4.90 Å². The third-order valence-electron chi connectivity index (χ3n) is 5.32. The Bertz CT molecular complexity index is 1180. The zero-order valence-corrected chi connectivity index (χ0v) is 17.8. The number of hydrogen-bond acceptors (Lipinski definition) is 8. The number of nitro groups is 2. The number of para-hydroxylation sites is 1. The molecule has 0 fully saturated rings. The molecule has 0 amide bonds. The number of phenols is 1. The van der Waals surface area contributed by atoms with Crippen molar-refractivity contribution < 1.29 is 19.7 Å². The number of non-ortho nitro benzene ring substituents is 1. The maximum atomic E-state index is 11.5. The Morgan fingerprint density at radius 1 is 1.06 bits per heavy atom. The molecule has 9 nitrogen and oxygen atoms in total. The van der Waals surface area contributed by atoms with E-state index in [1.807, 2.05) is 4.31 Å². The van der Waals surface area contributed by atoms with Gasteiger partial charge in [0.25, 0.3) is 11.4 Å². The number of rotatable bonds is 6. The van der Waals surface area contributed by atoms with Gasteiger partial charge < -0.3 is 9.84 Å². The van der Waals surface area contributed by atoms with Crippen LogP contribution < -0.4 is 4.74 Å². The number of methoxy groups -OCH3 is 1. The summed E-state index contributed by atoms with van der Waals surface area (Å²) >= 11 is 1.27. The highest BCUT2D eigenvalue weighted by atomic mass is 32.2. The first-order valence-corrected chi connectivity index (χ1v) is 10.5. The van der Waals surface area contributed by atoms with Crippen molar-refractivity contribution in [1.29, 1.82) is 0 Å². The van der Waals surface area contributed by atoms with Crippen LogP contribution in [0.15, 0.2) is 65.6 Å². The molecule has 1 aliphatic rings. The predicted molar refractivity (Wildman–Crippen MR) is 119 cm³/mol. The van der Waals surface area contributed by atoms with E-state index >= 15 is 0 Å². The van der Waals surface area contributed by atoms with Crippen LogP contribution in [-0.4, -0.2) is 32.9 Å². The van der Waals surface area contributed by atoms with E-state index in [1.165, 1.54) is 37.3 Å². The predicted octanol–water partition coefficient (Wildman–Crippen LogP) is 4.87. The second kappa shape index (κ2) is 8.85. The highest BCUT2D eigenvalue weighted by Crippen LogP contribution is 2.46. The van der Waals surface area contributed by atoms with Gasteiger partial charge in [-0.25, -0.2) is 4.31 Å². The highest BCUT2D eigenvalue weighted by Gasteiger charge is 2.32.